The maximum absolute atomic E-state index is 5.41. The van der Waals surface area contributed by atoms with Gasteiger partial charge in [0.1, 0.15) is 7.85 Å². The average molecular weight is 983 g/mol. The number of hydrogen-bond acceptors (Lipinski definition) is 8. The summed E-state index contributed by atoms with van der Waals surface area (Å²) >= 11 is 0. The van der Waals surface area contributed by atoms with Gasteiger partial charge in [0.15, 0.2) is 7.41 Å². The molecule has 0 aromatic heterocycles. The van der Waals surface area contributed by atoms with Crippen molar-refractivity contribution in [3.63, 3.8) is 0 Å². The van der Waals surface area contributed by atoms with Crippen LogP contribution in [0.3, 0.4) is 0 Å². The molecule has 0 bridgehead atoms. The van der Waals surface area contributed by atoms with E-state index in [0.29, 0.717) is 6.54 Å². The van der Waals surface area contributed by atoms with E-state index in [-0.39, 0.29) is 35.7 Å². The van der Waals surface area contributed by atoms with E-state index in [2.05, 4.69) is 90.4 Å². The summed E-state index contributed by atoms with van der Waals surface area (Å²) in [5.41, 5.74) is 5.36. The second-order valence-corrected chi connectivity index (χ2v) is 48.9. The zero-order valence-electron chi connectivity index (χ0n) is 43.0. The Morgan fingerprint density at radius 1 is 0.613 bits per heavy atom. The van der Waals surface area contributed by atoms with E-state index in [0.717, 1.165) is 57.0 Å². The molecule has 1 aliphatic heterocycles. The van der Waals surface area contributed by atoms with Gasteiger partial charge in [0.25, 0.3) is 0 Å². The summed E-state index contributed by atoms with van der Waals surface area (Å²) in [5.74, 6) is 0. The molecule has 19 heteroatoms. The molecule has 1 rings (SSSR count). The summed E-state index contributed by atoms with van der Waals surface area (Å²) in [4.78, 5) is 0. The first kappa shape index (κ1) is 80.0. The van der Waals surface area contributed by atoms with Crippen molar-refractivity contribution in [2.45, 2.75) is 207 Å². The van der Waals surface area contributed by atoms with Gasteiger partial charge in [0.2, 0.25) is 0 Å². The van der Waals surface area contributed by atoms with Gasteiger partial charge >= 0.3 is 17.6 Å². The van der Waals surface area contributed by atoms with E-state index in [9.17, 15) is 0 Å². The number of hydrogen-bond donors (Lipinski definition) is 2. The van der Waals surface area contributed by atoms with Gasteiger partial charge in [0, 0.05) is 106 Å². The molecule has 1 aliphatic rings. The van der Waals surface area contributed by atoms with Crippen LogP contribution in [-0.2, 0) is 31.3 Å². The molecular weight excluding hydrogens is 868 g/mol. The van der Waals surface area contributed by atoms with Crippen molar-refractivity contribution in [2.75, 3.05) is 62.4 Å². The van der Waals surface area contributed by atoms with Gasteiger partial charge in [0.05, 0.1) is 15.7 Å². The molecule has 0 saturated carbocycles. The van der Waals surface area contributed by atoms with E-state index in [4.69, 9.17) is 60.6 Å². The van der Waals surface area contributed by atoms with Crippen molar-refractivity contribution in [3.05, 3.63) is 12.7 Å². The van der Waals surface area contributed by atoms with Gasteiger partial charge in [-0.2, -0.15) is 0 Å². The number of ether oxygens (including phenoxy) is 1. The smallest absolute Gasteiger partial charge is 0.500 e. The quantitative estimate of drug-likeness (QED) is 0.0502. The van der Waals surface area contributed by atoms with Crippen LogP contribution in [0.15, 0.2) is 12.7 Å². The maximum atomic E-state index is 5.41. The minimum atomic E-state index is -2.32. The largest absolute Gasteiger partial charge is 0.541 e. The van der Waals surface area contributed by atoms with Gasteiger partial charge in [-0.25, -0.2) is 0 Å². The van der Waals surface area contributed by atoms with E-state index >= 15 is 0 Å². The third kappa shape index (κ3) is 65.2. The van der Waals surface area contributed by atoms with Gasteiger partial charge in [-0.3, -0.25) is 0 Å². The fourth-order valence-electron chi connectivity index (χ4n) is 5.57. The zero-order chi connectivity index (χ0) is 47.1. The Morgan fingerprint density at radius 2 is 0.984 bits per heavy atom. The van der Waals surface area contributed by atoms with Crippen molar-refractivity contribution in [1.29, 1.82) is 0 Å². The summed E-state index contributed by atoms with van der Waals surface area (Å²) in [6.45, 7) is 35.0. The summed E-state index contributed by atoms with van der Waals surface area (Å²) in [6, 6.07) is 7.24. The lowest BCUT2D eigenvalue weighted by molar-refractivity contribution is -0.514. The zero-order valence-corrected chi connectivity index (χ0v) is 49.0. The number of nitrogens with two attached hydrogens (primary N) is 2. The van der Waals surface area contributed by atoms with Crippen LogP contribution >= 0.6 is 0 Å². The van der Waals surface area contributed by atoms with Crippen LogP contribution in [0.25, 0.3) is 0 Å². The predicted octanol–water partition coefficient (Wildman–Crippen LogP) is 10.6. The maximum Gasteiger partial charge on any atom is 0.500 e. The Bertz CT molecular complexity index is 856. The Morgan fingerprint density at radius 3 is 1.19 bits per heavy atom. The first-order valence-electron chi connectivity index (χ1n) is 22.8. The molecule has 62 heavy (non-hydrogen) atoms. The van der Waals surface area contributed by atoms with Crippen LogP contribution < -0.4 is 11.0 Å². The molecule has 0 aliphatic carbocycles. The van der Waals surface area contributed by atoms with E-state index in [1.165, 1.54) is 56.3 Å². The highest BCUT2D eigenvalue weighted by atomic mass is 28.4. The van der Waals surface area contributed by atoms with Gasteiger partial charge < -0.3 is 42.3 Å². The fourth-order valence-corrected chi connectivity index (χ4v) is 13.9. The molecule has 0 spiro atoms. The predicted molar refractivity (Wildman–Crippen MR) is 304 cm³/mol. The normalized spacial score (nSPS) is 13.8. The van der Waals surface area contributed by atoms with Crippen molar-refractivity contribution in [3.8, 4) is 0 Å². The second-order valence-electron chi connectivity index (χ2n) is 20.4. The molecule has 374 valence electrons. The van der Waals surface area contributed by atoms with Crippen LogP contribution in [-0.4, -0.2) is 149 Å². The van der Waals surface area contributed by atoms with E-state index in [1.807, 2.05) is 6.08 Å². The average Bonchev–Trinajstić information content (AvgIpc) is 3.64. The van der Waals surface area contributed by atoms with Crippen molar-refractivity contribution in [1.82, 2.24) is 0 Å². The molecule has 4 N–H and O–H groups in total. The Labute approximate surface area is 403 Å². The third-order valence-electron chi connectivity index (χ3n) is 9.37. The third-order valence-corrected chi connectivity index (χ3v) is 22.1. The first-order valence-corrected chi connectivity index (χ1v) is 41.5. The molecular formula is C43H114B4N2O7Si6. The second kappa shape index (κ2) is 48.4. The molecule has 0 aromatic rings. The number of rotatable bonds is 26. The van der Waals surface area contributed by atoms with Crippen LogP contribution in [0.1, 0.15) is 67.2 Å². The topological polar surface area (TPSA) is 107 Å². The molecule has 1 heterocycles. The molecule has 9 nitrogen and oxygen atoms in total. The molecule has 0 amide bonds. The summed E-state index contributed by atoms with van der Waals surface area (Å²) in [7, 11) is 18.3. The molecule has 6 radical (unpaired) electrons. The lowest BCUT2D eigenvalue weighted by Gasteiger charge is -2.24. The van der Waals surface area contributed by atoms with Crippen molar-refractivity contribution >= 4 is 80.9 Å². The van der Waals surface area contributed by atoms with Crippen LogP contribution in [0.5, 0.6) is 0 Å². The van der Waals surface area contributed by atoms with Gasteiger partial charge in [-0.15, -0.1) is 12.9 Å². The summed E-state index contributed by atoms with van der Waals surface area (Å²) < 4.78 is 36.7. The minimum Gasteiger partial charge on any atom is -0.541 e. The lowest BCUT2D eigenvalue weighted by atomic mass is 9.87. The molecule has 1 unspecified atom stereocenters. The van der Waals surface area contributed by atoms with Crippen molar-refractivity contribution in [2.24, 2.45) is 5.73 Å². The van der Waals surface area contributed by atoms with Crippen molar-refractivity contribution < 1.29 is 36.5 Å². The lowest BCUT2D eigenvalue weighted by Crippen LogP contribution is -2.86. The highest BCUT2D eigenvalue weighted by Gasteiger charge is 2.37. The van der Waals surface area contributed by atoms with E-state index < -0.39 is 49.9 Å². The Hall–Kier alpha value is 0.941. The molecule has 0 aromatic carbocycles. The molecule has 1 saturated heterocycles. The van der Waals surface area contributed by atoms with Crippen LogP contribution in [0.4, 0.5) is 0 Å². The monoisotopic (exact) mass is 983 g/mol. The molecule has 1 atom stereocenters. The Balaban J connectivity index is -0.0000000981. The van der Waals surface area contributed by atoms with E-state index in [1.54, 1.807) is 42.7 Å². The molecule has 1 fully saturated rings. The van der Waals surface area contributed by atoms with Crippen LogP contribution in [0, 0.1) is 0 Å². The number of allylic oxidation sites excluding steroid dienone is 1. The highest BCUT2D eigenvalue weighted by molar-refractivity contribution is 6.77. The summed E-state index contributed by atoms with van der Waals surface area (Å²) in [5, 5.41) is 2.53. The fraction of sp³-hybridized carbons (Fsp3) is 0.953. The van der Waals surface area contributed by atoms with Gasteiger partial charge in [-0.1, -0.05) is 157 Å². The van der Waals surface area contributed by atoms with Crippen LogP contribution in [0.2, 0.25) is 134 Å². The van der Waals surface area contributed by atoms with Gasteiger partial charge in [-0.05, 0) is 38.3 Å². The number of quaternary nitrogens is 1. The Kier molecular flexibility index (Phi) is 62.5. The first-order chi connectivity index (χ1) is 27.2. The standard InChI is InChI=1S/C12H34BNO3Si2.2C6H15BSi.C6H17NO3Si.C6H14Si.C4H7BO.3CH4/c1-15-19(16-2,17-3)12-8-10-14-13-9-7-11-18(4,5)6;2*1-8(2,3)6-4-5-7;1-8-11(9-2,10-3)6-4-5-7;1-5-6-7(2,3)4;5-4-2-1-3-6-4;;;/h7-14H2,1-6H3;2*4-6H2,1-3H3;4-7H2,1-3H3;5H,1,6H2,2-4H3;4H,1-3H2;3*1H4. The minimum absolute atomic E-state index is 0. The summed E-state index contributed by atoms with van der Waals surface area (Å²) in [6.07, 6.45) is 13.3. The highest BCUT2D eigenvalue weighted by Crippen LogP contribution is 2.16. The SMILES string of the molecule is C.C.C.C=CC[Si](C)(C)C.CO[Si](CCCN)(OC)OC.CO[Si](CCC[NH2+][BH2-]CCC[Si](C)(C)C)(OC)OC.[B]C1CCCO1.[B]CCC[Si](C)(C)C.[B]CCC[Si](C)(C)C.